The van der Waals surface area contributed by atoms with E-state index in [-0.39, 0.29) is 41.3 Å². The average Bonchev–Trinajstić information content (AvgIpc) is 3.68. The maximum atomic E-state index is 12.0. The molecule has 4 aliphatic carbocycles. The van der Waals surface area contributed by atoms with Gasteiger partial charge in [-0.1, -0.05) is 25.5 Å². The van der Waals surface area contributed by atoms with Gasteiger partial charge in [-0.2, -0.15) is 0 Å². The molecule has 5 heterocycles. The summed E-state index contributed by atoms with van der Waals surface area (Å²) in [6.07, 6.45) is -11.7. The first-order valence-corrected chi connectivity index (χ1v) is 27.8. The van der Waals surface area contributed by atoms with Gasteiger partial charge in [0.1, 0.15) is 61.0 Å². The molecule has 0 amide bonds. The highest BCUT2D eigenvalue weighted by atomic mass is 16.8. The highest BCUT2D eigenvalue weighted by Crippen LogP contribution is 2.67. The second-order valence-corrected chi connectivity index (χ2v) is 24.0. The Bertz CT molecular complexity index is 1890. The summed E-state index contributed by atoms with van der Waals surface area (Å²) in [7, 11) is 4.59. The lowest BCUT2D eigenvalue weighted by Gasteiger charge is -2.58. The van der Waals surface area contributed by atoms with Crippen LogP contribution in [0.25, 0.3) is 0 Å². The predicted molar refractivity (Wildman–Crippen MR) is 262 cm³/mol. The summed E-state index contributed by atoms with van der Waals surface area (Å²) < 4.78 is 80.1. The molecule has 8 N–H and O–H groups in total. The van der Waals surface area contributed by atoms with Gasteiger partial charge in [0.15, 0.2) is 31.5 Å². The molecule has 9 rings (SSSR count). The molecule has 0 aromatic carbocycles. The first kappa shape index (κ1) is 58.6. The zero-order chi connectivity index (χ0) is 54.0. The monoisotopic (exact) mass is 1070 g/mol. The third-order valence-electron chi connectivity index (χ3n) is 19.7. The molecule has 75 heavy (non-hydrogen) atoms. The van der Waals surface area contributed by atoms with Crippen molar-refractivity contribution < 1.29 is 102 Å². The molecule has 31 atom stereocenters. The lowest BCUT2D eigenvalue weighted by atomic mass is 9.47. The van der Waals surface area contributed by atoms with Crippen molar-refractivity contribution in [1.82, 2.24) is 0 Å². The first-order chi connectivity index (χ1) is 35.6. The van der Waals surface area contributed by atoms with Gasteiger partial charge >= 0.3 is 0 Å². The summed E-state index contributed by atoms with van der Waals surface area (Å²) in [6, 6.07) is 0. The Kier molecular flexibility index (Phi) is 18.6. The Morgan fingerprint density at radius 2 is 1.23 bits per heavy atom. The van der Waals surface area contributed by atoms with Crippen LogP contribution in [0.4, 0.5) is 0 Å². The fourth-order valence-electron chi connectivity index (χ4n) is 15.5. The molecule has 0 spiro atoms. The van der Waals surface area contributed by atoms with Crippen molar-refractivity contribution in [2.75, 3.05) is 27.9 Å². The van der Waals surface area contributed by atoms with E-state index in [4.69, 9.17) is 61.6 Å². The SMILES string of the molecule is COC1CC(OC2C(C)OC(OC3C(O)CC(OC4CCC5(C)C(=CCC6C5CCC5(C)C6CC(O)C5C(C)OC5OC(C)C(O)C(OC)C5OC5OC(CO)C(O)C(O)C5O)C4)OC3C)CC2OC)OC(C)C1O. The number of allylic oxidation sites excluding steroid dienone is 1. The van der Waals surface area contributed by atoms with Crippen molar-refractivity contribution in [3.8, 4) is 0 Å². The Balaban J connectivity index is 0.791. The van der Waals surface area contributed by atoms with Crippen LogP contribution >= 0.6 is 0 Å². The van der Waals surface area contributed by atoms with Crippen LogP contribution in [0.5, 0.6) is 0 Å². The molecule has 3 saturated carbocycles. The fraction of sp³-hybridized carbons (Fsp3) is 0.963. The van der Waals surface area contributed by atoms with Gasteiger partial charge in [0.05, 0.1) is 67.6 Å². The van der Waals surface area contributed by atoms with E-state index in [9.17, 15) is 40.9 Å². The van der Waals surface area contributed by atoms with Gasteiger partial charge in [0, 0.05) is 46.5 Å². The first-order valence-electron chi connectivity index (χ1n) is 27.8. The maximum Gasteiger partial charge on any atom is 0.187 e. The predicted octanol–water partition coefficient (Wildman–Crippen LogP) is 1.56. The summed E-state index contributed by atoms with van der Waals surface area (Å²) in [4.78, 5) is 0. The minimum Gasteiger partial charge on any atom is -0.394 e. The van der Waals surface area contributed by atoms with E-state index in [2.05, 4.69) is 19.9 Å². The number of hydrogen-bond donors (Lipinski definition) is 8. The normalized spacial score (nSPS) is 53.8. The Morgan fingerprint density at radius 3 is 1.89 bits per heavy atom. The minimum absolute atomic E-state index is 0.0383. The number of aliphatic hydroxyl groups is 8. The Labute approximate surface area is 441 Å². The summed E-state index contributed by atoms with van der Waals surface area (Å²) in [6.45, 7) is 13.2. The molecule has 9 aliphatic rings. The third-order valence-corrected chi connectivity index (χ3v) is 19.7. The van der Waals surface area contributed by atoms with Crippen LogP contribution in [0.3, 0.4) is 0 Å². The van der Waals surface area contributed by atoms with Crippen LogP contribution in [0.1, 0.15) is 113 Å². The third kappa shape index (κ3) is 11.3. The van der Waals surface area contributed by atoms with E-state index in [0.29, 0.717) is 31.1 Å². The van der Waals surface area contributed by atoms with Crippen LogP contribution in [-0.4, -0.2) is 222 Å². The van der Waals surface area contributed by atoms with Crippen LogP contribution in [0, 0.1) is 34.5 Å². The fourth-order valence-corrected chi connectivity index (χ4v) is 15.5. The van der Waals surface area contributed by atoms with E-state index >= 15 is 0 Å². The lowest BCUT2D eigenvalue weighted by Crippen LogP contribution is -2.64. The Morgan fingerprint density at radius 1 is 0.587 bits per heavy atom. The zero-order valence-corrected chi connectivity index (χ0v) is 45.5. The molecular weight excluding hydrogens is 985 g/mol. The van der Waals surface area contributed by atoms with E-state index in [1.54, 1.807) is 28.1 Å². The quantitative estimate of drug-likeness (QED) is 0.108. The largest absolute Gasteiger partial charge is 0.394 e. The van der Waals surface area contributed by atoms with E-state index in [1.165, 1.54) is 12.7 Å². The van der Waals surface area contributed by atoms with Crippen molar-refractivity contribution >= 4 is 0 Å². The average molecular weight is 1080 g/mol. The highest BCUT2D eigenvalue weighted by molar-refractivity contribution is 5.26. The van der Waals surface area contributed by atoms with Gasteiger partial charge in [0.2, 0.25) is 0 Å². The molecule has 0 radical (unpaired) electrons. The van der Waals surface area contributed by atoms with Gasteiger partial charge in [-0.15, -0.1) is 0 Å². The van der Waals surface area contributed by atoms with Gasteiger partial charge in [-0.25, -0.2) is 0 Å². The number of fused-ring (bicyclic) bond motifs is 5. The highest BCUT2D eigenvalue weighted by Gasteiger charge is 2.63. The standard InChI is InChI=1S/C54H90O21/c1-23(69-52-50(49(65-10)43(59)25(3)70-52)75-51-46(62)45(61)44(60)37(22-55)72-51)41-33(56)18-32-30-12-11-28-17-29(13-15-53(28,6)31(30)14-16-54(32,41)7)71-38-19-34(57)47(26(4)67-38)73-40-21-36(64-9)48(27(5)68-40)74-39-20-35(63-8)42(58)24(2)66-39/h11,23-27,29-52,55-62H,12-22H2,1-10H3. The Hall–Kier alpha value is -1.10. The molecule has 0 bridgehead atoms. The van der Waals surface area contributed by atoms with Gasteiger partial charge < -0.3 is 102 Å². The molecule has 8 fully saturated rings. The smallest absolute Gasteiger partial charge is 0.187 e. The molecule has 5 aliphatic heterocycles. The summed E-state index contributed by atoms with van der Waals surface area (Å²) in [5.74, 6) is 0.709. The number of hydrogen-bond acceptors (Lipinski definition) is 21. The number of methoxy groups -OCH3 is 3. The van der Waals surface area contributed by atoms with Crippen molar-refractivity contribution in [3.05, 3.63) is 11.6 Å². The van der Waals surface area contributed by atoms with Crippen LogP contribution in [0.2, 0.25) is 0 Å². The van der Waals surface area contributed by atoms with Crippen molar-refractivity contribution in [2.45, 2.75) is 266 Å². The van der Waals surface area contributed by atoms with Crippen molar-refractivity contribution in [3.63, 3.8) is 0 Å². The van der Waals surface area contributed by atoms with Crippen LogP contribution in [-0.2, 0) is 61.6 Å². The topological polar surface area (TPSA) is 282 Å². The molecule has 31 unspecified atom stereocenters. The zero-order valence-electron chi connectivity index (χ0n) is 45.5. The van der Waals surface area contributed by atoms with E-state index in [1.807, 2.05) is 20.8 Å². The number of rotatable bonds is 15. The van der Waals surface area contributed by atoms with Crippen molar-refractivity contribution in [1.29, 1.82) is 0 Å². The van der Waals surface area contributed by atoms with Crippen LogP contribution < -0.4 is 0 Å². The van der Waals surface area contributed by atoms with Gasteiger partial charge in [-0.05, 0) is 108 Å². The summed E-state index contributed by atoms with van der Waals surface area (Å²) in [5, 5.41) is 86.7. The second kappa shape index (κ2) is 23.8. The molecule has 432 valence electrons. The maximum absolute atomic E-state index is 12.0. The number of aliphatic hydroxyl groups excluding tert-OH is 8. The molecule has 0 aromatic rings. The molecule has 21 heteroatoms. The summed E-state index contributed by atoms with van der Waals surface area (Å²) in [5.41, 5.74) is 1.09. The molecular formula is C54H90O21. The second-order valence-electron chi connectivity index (χ2n) is 24.0. The van der Waals surface area contributed by atoms with Gasteiger partial charge in [0.25, 0.3) is 0 Å². The van der Waals surface area contributed by atoms with Crippen molar-refractivity contribution in [2.24, 2.45) is 34.5 Å². The van der Waals surface area contributed by atoms with E-state index in [0.717, 1.165) is 38.5 Å². The van der Waals surface area contributed by atoms with E-state index < -0.39 is 148 Å². The molecule has 21 nitrogen and oxygen atoms in total. The molecule has 5 saturated heterocycles. The summed E-state index contributed by atoms with van der Waals surface area (Å²) >= 11 is 0. The van der Waals surface area contributed by atoms with Gasteiger partial charge in [-0.3, -0.25) is 0 Å². The molecule has 0 aromatic heterocycles. The minimum atomic E-state index is -1.69. The lowest BCUT2D eigenvalue weighted by molar-refractivity contribution is -0.372. The number of ether oxygens (including phenoxy) is 13. The van der Waals surface area contributed by atoms with Crippen LogP contribution in [0.15, 0.2) is 11.6 Å².